The Balaban J connectivity index is 0.000000132. The van der Waals surface area contributed by atoms with Crippen LogP contribution < -0.4 is 33.2 Å². The van der Waals surface area contributed by atoms with Crippen LogP contribution in [0, 0.1) is 36.0 Å². The van der Waals surface area contributed by atoms with Gasteiger partial charge in [-0.3, -0.25) is 28.4 Å². The van der Waals surface area contributed by atoms with Gasteiger partial charge in [-0.2, -0.15) is 15.3 Å². The first kappa shape index (κ1) is 77.2. The molecule has 1 unspecified atom stereocenters. The molecule has 3 amide bonds. The number of aromatic nitrogens is 18. The fourth-order valence-corrected chi connectivity index (χ4v) is 13.7. The summed E-state index contributed by atoms with van der Waals surface area (Å²) >= 11 is 6.41. The molecule has 12 heterocycles. The van der Waals surface area contributed by atoms with Crippen molar-refractivity contribution < 1.29 is 14.4 Å². The van der Waals surface area contributed by atoms with Crippen LogP contribution in [0.25, 0.3) is 83.4 Å². The van der Waals surface area contributed by atoms with Crippen molar-refractivity contribution in [3.8, 4) is 69.8 Å². The molecule has 27 nitrogen and oxygen atoms in total. The van der Waals surface area contributed by atoms with Crippen LogP contribution in [-0.2, 0) is 21.1 Å². The van der Waals surface area contributed by atoms with Gasteiger partial charge in [-0.05, 0) is 75.4 Å². The number of carbonyl (C=O) groups excluding carboxylic acids is 3. The molecule has 0 fully saturated rings. The zero-order chi connectivity index (χ0) is 82.1. The number of hydrogen-bond donors (Lipinski definition) is 6. The predicted molar refractivity (Wildman–Crippen MR) is 456 cm³/mol. The summed E-state index contributed by atoms with van der Waals surface area (Å²) in [6.07, 6.45) is 25.6. The van der Waals surface area contributed by atoms with E-state index in [0.717, 1.165) is 105 Å². The molecule has 28 heteroatoms. The molecule has 0 radical (unpaired) electrons. The normalized spacial score (nSPS) is 11.6. The number of aryl methyl sites for hydroxylation is 3. The number of para-hydroxylation sites is 3. The molecular weight excluding hydrogens is 1500 g/mol. The topological polar surface area (TPSA) is 348 Å². The highest BCUT2D eigenvalue weighted by atomic mass is 35.5. The number of nitrogen functional groups attached to an aromatic ring is 3. The number of amides is 3. The highest BCUT2D eigenvalue weighted by molar-refractivity contribution is 6.35. The van der Waals surface area contributed by atoms with E-state index in [1.807, 2.05) is 206 Å². The number of anilines is 3. The smallest absolute Gasteiger partial charge is 0.259 e. The van der Waals surface area contributed by atoms with E-state index in [1.54, 1.807) is 94.2 Å². The van der Waals surface area contributed by atoms with Crippen LogP contribution in [0.5, 0.6) is 0 Å². The zero-order valence-corrected chi connectivity index (χ0v) is 65.2. The van der Waals surface area contributed by atoms with Crippen LogP contribution >= 0.6 is 11.6 Å². The van der Waals surface area contributed by atoms with Crippen molar-refractivity contribution in [2.45, 2.75) is 38.9 Å². The van der Waals surface area contributed by atoms with Crippen molar-refractivity contribution in [2.24, 2.45) is 21.1 Å². The molecular formula is C90H73ClN24O3. The van der Waals surface area contributed by atoms with Crippen molar-refractivity contribution >= 4 is 96.4 Å². The van der Waals surface area contributed by atoms with E-state index >= 15 is 0 Å². The van der Waals surface area contributed by atoms with E-state index in [1.165, 1.54) is 13.5 Å². The molecule has 18 aromatic rings. The Morgan fingerprint density at radius 2 is 0.729 bits per heavy atom. The van der Waals surface area contributed by atoms with Crippen LogP contribution in [0.15, 0.2) is 256 Å². The van der Waals surface area contributed by atoms with Crippen molar-refractivity contribution in [1.82, 2.24) is 104 Å². The van der Waals surface area contributed by atoms with Gasteiger partial charge in [0.1, 0.15) is 16.7 Å². The standard InChI is InChI=1S/2C30H24N8O.C24H19ClN6O.C6H6N2/c2*1-19(34-30(39)25-28(31)36-38-15-7-14-32-29(25)38)24-16-23-11-6-10-22(13-12-20-17-33-37(2)18-20)26(23)35-27(24)21-8-4-3-5-9-21;1-14(28-24(32)19-22(26)30-31-12-6-11-27-23(19)31)17-13-16-9-5-10-18(25)21(16)29-20(17)15-7-3-2-4-8-15;1-3-6-4-7-8(2)5-6/h2*3-11,14-19H,1-2H3,(H2,31,36)(H,34,39);2-14H,1H3,(H2,26,30)(H,28,32);1,4-5H,2H3/t2*19-;;/m10../s1. The van der Waals surface area contributed by atoms with Gasteiger partial charge in [0.25, 0.3) is 17.7 Å². The second-order valence-electron chi connectivity index (χ2n) is 27.3. The molecule has 0 aliphatic heterocycles. The molecule has 9 N–H and O–H groups in total. The van der Waals surface area contributed by atoms with Crippen molar-refractivity contribution in [1.29, 1.82) is 0 Å². The summed E-state index contributed by atoms with van der Waals surface area (Å²) in [6.45, 7) is 5.76. The number of halogens is 1. The summed E-state index contributed by atoms with van der Waals surface area (Å²) in [6, 6.07) is 57.2. The molecule has 578 valence electrons. The number of fused-ring (bicyclic) bond motifs is 6. The van der Waals surface area contributed by atoms with Crippen LogP contribution in [0.1, 0.15) is 114 Å². The van der Waals surface area contributed by atoms with E-state index in [4.69, 9.17) is 50.2 Å². The third-order valence-electron chi connectivity index (χ3n) is 19.1. The Morgan fingerprint density at radius 1 is 0.407 bits per heavy atom. The number of hydrogen-bond acceptors (Lipinski definition) is 18. The minimum atomic E-state index is -0.396. The lowest BCUT2D eigenvalue weighted by Crippen LogP contribution is -2.28. The van der Waals surface area contributed by atoms with E-state index < -0.39 is 12.1 Å². The Hall–Kier alpha value is -16.2. The molecule has 0 saturated heterocycles. The lowest BCUT2D eigenvalue weighted by Gasteiger charge is -2.19. The average molecular weight is 1570 g/mol. The number of pyridine rings is 3. The number of benzene rings is 6. The van der Waals surface area contributed by atoms with Gasteiger partial charge in [0, 0.05) is 126 Å². The summed E-state index contributed by atoms with van der Waals surface area (Å²) in [5.41, 5.74) is 34.2. The SMILES string of the molecule is C#Cc1cnn(C)c1.CC(NC(=O)c1c(N)nn2cccnc12)c1cc2cccc(Cl)c2nc1-c1ccccc1.C[C@@H](NC(=O)c1c(N)nn2cccnc12)c1cc2cccc(C#Cc3cnn(C)c3)c2nc1-c1ccccc1.C[C@H](NC(=O)c1c(N)nn2cccnc12)c1cc2cccc(C#Cc3cnn(C)c3)c2nc1-c1ccccc1. The van der Waals surface area contributed by atoms with E-state index in [0.29, 0.717) is 27.5 Å². The molecule has 0 bridgehead atoms. The Labute approximate surface area is 680 Å². The molecule has 0 aliphatic rings. The van der Waals surface area contributed by atoms with Crippen LogP contribution in [0.3, 0.4) is 0 Å². The van der Waals surface area contributed by atoms with Gasteiger partial charge in [0.15, 0.2) is 34.4 Å². The first-order chi connectivity index (χ1) is 57.3. The van der Waals surface area contributed by atoms with Gasteiger partial charge in [-0.15, -0.1) is 21.7 Å². The number of nitrogens with two attached hydrogens (primary N) is 3. The fourth-order valence-electron chi connectivity index (χ4n) is 13.4. The van der Waals surface area contributed by atoms with Crippen LogP contribution in [-0.4, -0.2) is 106 Å². The third kappa shape index (κ3) is 16.7. The maximum atomic E-state index is 13.4. The number of rotatable bonds is 12. The zero-order valence-electron chi connectivity index (χ0n) is 64.4. The number of nitrogens with zero attached hydrogens (tertiary/aromatic N) is 18. The minimum Gasteiger partial charge on any atom is -0.381 e. The second-order valence-corrected chi connectivity index (χ2v) is 27.7. The lowest BCUT2D eigenvalue weighted by atomic mass is 9.97. The fraction of sp³-hybridized carbons (Fsp3) is 0.100. The first-order valence-electron chi connectivity index (χ1n) is 37.1. The largest absolute Gasteiger partial charge is 0.381 e. The van der Waals surface area contributed by atoms with Gasteiger partial charge in [0.2, 0.25) is 0 Å². The van der Waals surface area contributed by atoms with Crippen molar-refractivity contribution in [3.63, 3.8) is 0 Å². The lowest BCUT2D eigenvalue weighted by molar-refractivity contribution is 0.0933. The van der Waals surface area contributed by atoms with Gasteiger partial charge in [0.05, 0.1) is 103 Å². The average Bonchev–Trinajstić information content (AvgIpc) is 0.931. The Kier molecular flexibility index (Phi) is 22.2. The summed E-state index contributed by atoms with van der Waals surface area (Å²) in [5.74, 6) is 14.6. The van der Waals surface area contributed by atoms with Gasteiger partial charge in [-0.1, -0.05) is 169 Å². The molecule has 0 saturated carbocycles. The third-order valence-corrected chi connectivity index (χ3v) is 19.4. The first-order valence-corrected chi connectivity index (χ1v) is 37.5. The molecule has 18 rings (SSSR count). The van der Waals surface area contributed by atoms with Crippen LogP contribution in [0.4, 0.5) is 17.5 Å². The molecule has 118 heavy (non-hydrogen) atoms. The Bertz CT molecular complexity index is 6740. The molecule has 0 spiro atoms. The highest BCUT2D eigenvalue weighted by Crippen LogP contribution is 2.36. The number of terminal acetylenes is 1. The number of carbonyl (C=O) groups is 3. The van der Waals surface area contributed by atoms with Crippen LogP contribution in [0.2, 0.25) is 5.02 Å². The van der Waals surface area contributed by atoms with Gasteiger partial charge < -0.3 is 33.2 Å². The molecule has 3 atom stereocenters. The van der Waals surface area contributed by atoms with E-state index in [2.05, 4.69) is 103 Å². The summed E-state index contributed by atoms with van der Waals surface area (Å²) in [7, 11) is 5.55. The van der Waals surface area contributed by atoms with Gasteiger partial charge in [-0.25, -0.2) is 43.5 Å². The monoisotopic (exact) mass is 1570 g/mol. The van der Waals surface area contributed by atoms with Crippen molar-refractivity contribution in [2.75, 3.05) is 17.2 Å². The summed E-state index contributed by atoms with van der Waals surface area (Å²) in [5, 5.41) is 37.3. The highest BCUT2D eigenvalue weighted by Gasteiger charge is 2.28. The van der Waals surface area contributed by atoms with Gasteiger partial charge >= 0.3 is 0 Å². The maximum absolute atomic E-state index is 13.4. The quantitative estimate of drug-likeness (QED) is 0.0619. The predicted octanol–water partition coefficient (Wildman–Crippen LogP) is 13.4. The summed E-state index contributed by atoms with van der Waals surface area (Å²) in [4.78, 5) is 67.8. The van der Waals surface area contributed by atoms with E-state index in [-0.39, 0.29) is 57.9 Å². The second kappa shape index (κ2) is 34.0. The summed E-state index contributed by atoms with van der Waals surface area (Å²) < 4.78 is 9.60. The van der Waals surface area contributed by atoms with Crippen molar-refractivity contribution in [3.05, 3.63) is 323 Å². The maximum Gasteiger partial charge on any atom is 0.259 e. The van der Waals surface area contributed by atoms with E-state index in [9.17, 15) is 14.4 Å². The molecule has 0 aliphatic carbocycles. The molecule has 12 aromatic heterocycles. The number of nitrogens with one attached hydrogen (secondary N) is 3. The molecule has 6 aromatic carbocycles. The minimum absolute atomic E-state index is 0.121. The Morgan fingerprint density at radius 3 is 1.05 bits per heavy atom.